The van der Waals surface area contributed by atoms with Crippen LogP contribution >= 0.6 is 11.3 Å². The van der Waals surface area contributed by atoms with Crippen molar-refractivity contribution in [2.24, 2.45) is 0 Å². The number of hydrogen-bond donors (Lipinski definition) is 1. The summed E-state index contributed by atoms with van der Waals surface area (Å²) in [5.74, 6) is 0. The lowest BCUT2D eigenvalue weighted by atomic mass is 9.94. The zero-order chi connectivity index (χ0) is 13.9. The van der Waals surface area contributed by atoms with Crippen LogP contribution in [0.25, 0.3) is 0 Å². The molecule has 1 aliphatic heterocycles. The van der Waals surface area contributed by atoms with Crippen LogP contribution in [0.5, 0.6) is 0 Å². The van der Waals surface area contributed by atoms with Crippen LogP contribution in [0, 0.1) is 0 Å². The quantitative estimate of drug-likeness (QED) is 0.921. The van der Waals surface area contributed by atoms with Crippen molar-refractivity contribution in [2.45, 2.75) is 44.6 Å². The third-order valence-electron chi connectivity index (χ3n) is 3.47. The Morgan fingerprint density at radius 2 is 2.00 bits per heavy atom. The van der Waals surface area contributed by atoms with Gasteiger partial charge in [-0.1, -0.05) is 32.1 Å². The minimum atomic E-state index is -0.133. The van der Waals surface area contributed by atoms with E-state index in [4.69, 9.17) is 9.47 Å². The van der Waals surface area contributed by atoms with Gasteiger partial charge in [-0.15, -0.1) is 10.2 Å². The molecule has 0 amide bonds. The first kappa shape index (κ1) is 14.7. The molecule has 108 valence electrons. The number of rotatable bonds is 4. The first-order valence-corrected chi connectivity index (χ1v) is 7.48. The van der Waals surface area contributed by atoms with Crippen LogP contribution in [0.2, 0.25) is 0 Å². The maximum Gasteiger partial charge on any atom is 0.205 e. The lowest BCUT2D eigenvalue weighted by Gasteiger charge is -2.35. The molecule has 0 aromatic carbocycles. The molecular formula is C13H23N3O2S. The van der Waals surface area contributed by atoms with Crippen LogP contribution < -0.4 is 5.32 Å². The van der Waals surface area contributed by atoms with Gasteiger partial charge in [0.2, 0.25) is 5.13 Å². The predicted molar refractivity (Wildman–Crippen MR) is 76.9 cm³/mol. The third kappa shape index (κ3) is 3.64. The second-order valence-electron chi connectivity index (χ2n) is 6.02. The number of nitrogens with one attached hydrogen (secondary N) is 1. The normalized spacial score (nSPS) is 19.4. The van der Waals surface area contributed by atoms with Gasteiger partial charge in [0.1, 0.15) is 5.01 Å². The summed E-state index contributed by atoms with van der Waals surface area (Å²) < 4.78 is 11.1. The van der Waals surface area contributed by atoms with E-state index in [1.807, 2.05) is 0 Å². The van der Waals surface area contributed by atoms with E-state index in [2.05, 4.69) is 36.3 Å². The summed E-state index contributed by atoms with van der Waals surface area (Å²) in [5.41, 5.74) is -0.0823. The molecule has 2 rings (SSSR count). The van der Waals surface area contributed by atoms with Gasteiger partial charge in [-0.2, -0.15) is 0 Å². The molecule has 19 heavy (non-hydrogen) atoms. The third-order valence-corrected chi connectivity index (χ3v) is 4.77. The van der Waals surface area contributed by atoms with Gasteiger partial charge in [-0.25, -0.2) is 0 Å². The number of aromatic nitrogens is 2. The van der Waals surface area contributed by atoms with Crippen molar-refractivity contribution in [1.82, 2.24) is 10.2 Å². The Morgan fingerprint density at radius 3 is 2.53 bits per heavy atom. The fraction of sp³-hybridized carbons (Fsp3) is 0.846. The summed E-state index contributed by atoms with van der Waals surface area (Å²) in [6.07, 6.45) is 1.84. The van der Waals surface area contributed by atoms with Crippen molar-refractivity contribution < 1.29 is 9.47 Å². The van der Waals surface area contributed by atoms with Crippen molar-refractivity contribution in [3.8, 4) is 0 Å². The molecule has 6 heteroatoms. The minimum Gasteiger partial charge on any atom is -0.381 e. The molecular weight excluding hydrogens is 262 g/mol. The molecule has 0 unspecified atom stereocenters. The van der Waals surface area contributed by atoms with Gasteiger partial charge in [0.25, 0.3) is 0 Å². The summed E-state index contributed by atoms with van der Waals surface area (Å²) in [5, 5.41) is 13.7. The van der Waals surface area contributed by atoms with Crippen LogP contribution in [0.1, 0.15) is 38.6 Å². The average molecular weight is 285 g/mol. The number of nitrogens with zero attached hydrogens (tertiary/aromatic N) is 2. The monoisotopic (exact) mass is 285 g/mol. The van der Waals surface area contributed by atoms with E-state index >= 15 is 0 Å². The molecule has 1 aromatic rings. The second kappa shape index (κ2) is 5.73. The molecule has 0 aliphatic carbocycles. The number of anilines is 1. The molecule has 2 heterocycles. The smallest absolute Gasteiger partial charge is 0.205 e. The van der Waals surface area contributed by atoms with E-state index in [0.29, 0.717) is 0 Å². The molecule has 1 aromatic heterocycles. The van der Waals surface area contributed by atoms with Gasteiger partial charge in [-0.3, -0.25) is 0 Å². The van der Waals surface area contributed by atoms with E-state index < -0.39 is 0 Å². The Balaban J connectivity index is 1.96. The Morgan fingerprint density at radius 1 is 1.32 bits per heavy atom. The maximum atomic E-state index is 5.69. The molecule has 1 aliphatic rings. The predicted octanol–water partition coefficient (Wildman–Crippen LogP) is 2.44. The summed E-state index contributed by atoms with van der Waals surface area (Å²) >= 11 is 1.62. The van der Waals surface area contributed by atoms with Gasteiger partial charge in [0, 0.05) is 45.1 Å². The number of methoxy groups -OCH3 is 1. The van der Waals surface area contributed by atoms with Gasteiger partial charge in [-0.05, 0) is 0 Å². The highest BCUT2D eigenvalue weighted by Gasteiger charge is 2.32. The van der Waals surface area contributed by atoms with E-state index in [1.165, 1.54) is 0 Å². The molecule has 0 spiro atoms. The summed E-state index contributed by atoms with van der Waals surface area (Å²) in [7, 11) is 1.77. The van der Waals surface area contributed by atoms with E-state index in [9.17, 15) is 0 Å². The molecule has 0 atom stereocenters. The summed E-state index contributed by atoms with van der Waals surface area (Å²) in [6, 6.07) is 0. The van der Waals surface area contributed by atoms with E-state index in [-0.39, 0.29) is 11.0 Å². The van der Waals surface area contributed by atoms with Crippen molar-refractivity contribution in [3.63, 3.8) is 0 Å². The Hall–Kier alpha value is -0.720. The van der Waals surface area contributed by atoms with Crippen molar-refractivity contribution in [2.75, 3.05) is 32.2 Å². The van der Waals surface area contributed by atoms with Crippen LogP contribution in [0.15, 0.2) is 0 Å². The fourth-order valence-electron chi connectivity index (χ4n) is 2.03. The molecule has 1 N–H and O–H groups in total. The van der Waals surface area contributed by atoms with Crippen molar-refractivity contribution in [1.29, 1.82) is 0 Å². The minimum absolute atomic E-state index is 0.0508. The summed E-state index contributed by atoms with van der Waals surface area (Å²) in [4.78, 5) is 0. The Labute approximate surface area is 118 Å². The average Bonchev–Trinajstić information content (AvgIpc) is 2.86. The van der Waals surface area contributed by atoms with Crippen LogP contribution in [0.3, 0.4) is 0 Å². The molecule has 0 bridgehead atoms. The zero-order valence-electron chi connectivity index (χ0n) is 12.2. The maximum absolute atomic E-state index is 5.69. The molecule has 0 radical (unpaired) electrons. The molecule has 1 saturated heterocycles. The highest BCUT2D eigenvalue weighted by Crippen LogP contribution is 2.29. The lowest BCUT2D eigenvalue weighted by Crippen LogP contribution is -2.44. The van der Waals surface area contributed by atoms with Crippen LogP contribution in [0.4, 0.5) is 5.13 Å². The highest BCUT2D eigenvalue weighted by molar-refractivity contribution is 7.15. The number of hydrogen-bond acceptors (Lipinski definition) is 6. The second-order valence-corrected chi connectivity index (χ2v) is 6.99. The fourth-order valence-corrected chi connectivity index (χ4v) is 2.83. The zero-order valence-corrected chi connectivity index (χ0v) is 13.0. The Kier molecular flexibility index (Phi) is 4.43. The van der Waals surface area contributed by atoms with Crippen molar-refractivity contribution in [3.05, 3.63) is 5.01 Å². The standard InChI is InChI=1S/C13H23N3O2S/c1-12(2,3)10-15-16-11(19-10)14-9-13(17-4)5-7-18-8-6-13/h5-9H2,1-4H3,(H,14,16). The van der Waals surface area contributed by atoms with Crippen LogP contribution in [-0.2, 0) is 14.9 Å². The van der Waals surface area contributed by atoms with Gasteiger partial charge in [0.15, 0.2) is 0 Å². The number of ether oxygens (including phenoxy) is 2. The summed E-state index contributed by atoms with van der Waals surface area (Å²) in [6.45, 7) is 8.72. The molecule has 1 fully saturated rings. The lowest BCUT2D eigenvalue weighted by molar-refractivity contribution is -0.0807. The van der Waals surface area contributed by atoms with Gasteiger partial charge in [0.05, 0.1) is 5.60 Å². The first-order chi connectivity index (χ1) is 8.95. The van der Waals surface area contributed by atoms with Gasteiger partial charge >= 0.3 is 0 Å². The molecule has 0 saturated carbocycles. The van der Waals surface area contributed by atoms with E-state index in [1.54, 1.807) is 18.4 Å². The largest absolute Gasteiger partial charge is 0.381 e. The van der Waals surface area contributed by atoms with Gasteiger partial charge < -0.3 is 14.8 Å². The molecule has 5 nitrogen and oxygen atoms in total. The van der Waals surface area contributed by atoms with Crippen LogP contribution in [-0.4, -0.2) is 42.7 Å². The first-order valence-electron chi connectivity index (χ1n) is 6.66. The highest BCUT2D eigenvalue weighted by atomic mass is 32.1. The van der Waals surface area contributed by atoms with E-state index in [0.717, 1.165) is 42.7 Å². The Bertz CT molecular complexity index is 408. The SMILES string of the molecule is COC1(CNc2nnc(C(C)(C)C)s2)CCOCC1. The topological polar surface area (TPSA) is 56.3 Å². The van der Waals surface area contributed by atoms with Crippen molar-refractivity contribution >= 4 is 16.5 Å².